The van der Waals surface area contributed by atoms with Gasteiger partial charge in [0.2, 0.25) is 0 Å². The third-order valence-electron chi connectivity index (χ3n) is 10.3. The Bertz CT molecular complexity index is 3230. The zero-order chi connectivity index (χ0) is 34.9. The van der Waals surface area contributed by atoms with Crippen LogP contribution in [0.15, 0.2) is 174 Å². The maximum atomic E-state index is 6.46. The van der Waals surface area contributed by atoms with Crippen LogP contribution in [0.25, 0.3) is 110 Å². The molecular formula is C48H28N4O. The number of aromatic nitrogens is 4. The lowest BCUT2D eigenvalue weighted by Gasteiger charge is -2.12. The van der Waals surface area contributed by atoms with Crippen LogP contribution in [-0.4, -0.2) is 19.9 Å². The fourth-order valence-electron chi connectivity index (χ4n) is 7.74. The van der Waals surface area contributed by atoms with Gasteiger partial charge in [0.15, 0.2) is 17.5 Å². The third-order valence-corrected chi connectivity index (χ3v) is 10.3. The highest BCUT2D eigenvalue weighted by Gasteiger charge is 2.19. The van der Waals surface area contributed by atoms with Gasteiger partial charge in [0, 0.05) is 44.4 Å². The van der Waals surface area contributed by atoms with Crippen molar-refractivity contribution >= 4 is 65.2 Å². The topological polar surface area (TPSA) is 64.7 Å². The molecule has 0 aliphatic carbocycles. The van der Waals surface area contributed by atoms with E-state index in [1.165, 1.54) is 5.39 Å². The summed E-state index contributed by atoms with van der Waals surface area (Å²) in [5.74, 6) is 1.78. The first-order valence-corrected chi connectivity index (χ1v) is 17.7. The van der Waals surface area contributed by atoms with E-state index in [9.17, 15) is 0 Å². The van der Waals surface area contributed by atoms with Crippen LogP contribution in [0.3, 0.4) is 0 Å². The van der Waals surface area contributed by atoms with Crippen molar-refractivity contribution in [2.75, 3.05) is 0 Å². The predicted molar refractivity (Wildman–Crippen MR) is 217 cm³/mol. The molecule has 3 heterocycles. The monoisotopic (exact) mass is 676 g/mol. The quantitative estimate of drug-likeness (QED) is 0.174. The standard InChI is InChI=1S/C48H28N4O/c1-2-10-29(11-3-1)31-15-8-16-34(24-31)46-50-47(35-21-20-30-22-23-41-44(39(30)26-35)37-17-7-6-14-36(37)28-49-41)52-48(51-46)38-18-9-19-42-45(38)40-25-32-12-4-5-13-33(32)27-43(40)53-42/h1-28H. The van der Waals surface area contributed by atoms with Crippen molar-refractivity contribution in [1.82, 2.24) is 19.9 Å². The van der Waals surface area contributed by atoms with E-state index in [1.54, 1.807) is 0 Å². The number of rotatable bonds is 4. The highest BCUT2D eigenvalue weighted by Crippen LogP contribution is 2.39. The van der Waals surface area contributed by atoms with Gasteiger partial charge in [-0.05, 0) is 74.5 Å². The fraction of sp³-hybridized carbons (Fsp3) is 0. The first kappa shape index (κ1) is 29.5. The summed E-state index contributed by atoms with van der Waals surface area (Å²) in [6.45, 7) is 0. The van der Waals surface area contributed by atoms with Gasteiger partial charge < -0.3 is 4.42 Å². The average Bonchev–Trinajstić information content (AvgIpc) is 3.60. The molecule has 0 aliphatic heterocycles. The molecule has 0 N–H and O–H groups in total. The Morgan fingerprint density at radius 1 is 0.358 bits per heavy atom. The van der Waals surface area contributed by atoms with Gasteiger partial charge in [-0.1, -0.05) is 127 Å². The second-order valence-corrected chi connectivity index (χ2v) is 13.5. The summed E-state index contributed by atoms with van der Waals surface area (Å²) in [4.78, 5) is 20.5. The van der Waals surface area contributed by atoms with Gasteiger partial charge >= 0.3 is 0 Å². The van der Waals surface area contributed by atoms with E-state index in [0.717, 1.165) is 87.6 Å². The second kappa shape index (κ2) is 11.7. The normalized spacial score (nSPS) is 11.8. The van der Waals surface area contributed by atoms with Gasteiger partial charge in [-0.3, -0.25) is 4.98 Å². The van der Waals surface area contributed by atoms with E-state index in [2.05, 4.69) is 146 Å². The summed E-state index contributed by atoms with van der Waals surface area (Å²) in [5.41, 5.74) is 7.50. The average molecular weight is 677 g/mol. The van der Waals surface area contributed by atoms with Crippen molar-refractivity contribution in [2.45, 2.75) is 0 Å². The molecule has 0 radical (unpaired) electrons. The van der Waals surface area contributed by atoms with Crippen molar-refractivity contribution < 1.29 is 4.42 Å². The minimum Gasteiger partial charge on any atom is -0.456 e. The van der Waals surface area contributed by atoms with Crippen molar-refractivity contribution in [3.8, 4) is 45.3 Å². The lowest BCUT2D eigenvalue weighted by molar-refractivity contribution is 0.669. The number of benzene rings is 8. The molecule has 11 aromatic rings. The number of nitrogens with zero attached hydrogens (tertiary/aromatic N) is 4. The molecule has 53 heavy (non-hydrogen) atoms. The first-order valence-electron chi connectivity index (χ1n) is 17.7. The molecule has 246 valence electrons. The van der Waals surface area contributed by atoms with E-state index in [4.69, 9.17) is 24.4 Å². The minimum atomic E-state index is 0.585. The lowest BCUT2D eigenvalue weighted by Crippen LogP contribution is -2.00. The van der Waals surface area contributed by atoms with Crippen LogP contribution in [0.1, 0.15) is 0 Å². The molecule has 0 unspecified atom stereocenters. The summed E-state index contributed by atoms with van der Waals surface area (Å²) in [7, 11) is 0. The summed E-state index contributed by atoms with van der Waals surface area (Å²) < 4.78 is 6.46. The zero-order valence-corrected chi connectivity index (χ0v) is 28.4. The number of hydrogen-bond acceptors (Lipinski definition) is 5. The Balaban J connectivity index is 1.18. The van der Waals surface area contributed by atoms with Crippen LogP contribution in [0, 0.1) is 0 Å². The van der Waals surface area contributed by atoms with Crippen LogP contribution >= 0.6 is 0 Å². The van der Waals surface area contributed by atoms with Crippen LogP contribution in [0.2, 0.25) is 0 Å². The first-order chi connectivity index (χ1) is 26.2. The molecule has 0 aliphatic rings. The minimum absolute atomic E-state index is 0.585. The summed E-state index contributed by atoms with van der Waals surface area (Å²) >= 11 is 0. The molecule has 0 saturated carbocycles. The van der Waals surface area contributed by atoms with E-state index >= 15 is 0 Å². The molecule has 5 heteroatoms. The number of furan rings is 1. The van der Waals surface area contributed by atoms with E-state index in [0.29, 0.717) is 17.5 Å². The molecule has 0 spiro atoms. The Hall–Kier alpha value is -7.24. The molecule has 0 amide bonds. The maximum Gasteiger partial charge on any atom is 0.164 e. The third kappa shape index (κ3) is 4.86. The maximum absolute atomic E-state index is 6.46. The van der Waals surface area contributed by atoms with Gasteiger partial charge in [0.05, 0.1) is 5.52 Å². The zero-order valence-electron chi connectivity index (χ0n) is 28.4. The van der Waals surface area contributed by atoms with Gasteiger partial charge in [-0.25, -0.2) is 15.0 Å². The van der Waals surface area contributed by atoms with Crippen LogP contribution in [0.5, 0.6) is 0 Å². The summed E-state index contributed by atoms with van der Waals surface area (Å²) in [5, 5.41) is 9.93. The van der Waals surface area contributed by atoms with Crippen molar-refractivity contribution in [3.63, 3.8) is 0 Å². The Morgan fingerprint density at radius 3 is 1.91 bits per heavy atom. The molecule has 8 aromatic carbocycles. The smallest absolute Gasteiger partial charge is 0.164 e. The Labute approximate surface area is 303 Å². The van der Waals surface area contributed by atoms with Crippen LogP contribution in [0.4, 0.5) is 0 Å². The van der Waals surface area contributed by atoms with Crippen molar-refractivity contribution in [2.24, 2.45) is 0 Å². The molecule has 0 fully saturated rings. The Kier molecular flexibility index (Phi) is 6.48. The van der Waals surface area contributed by atoms with Crippen LogP contribution < -0.4 is 0 Å². The highest BCUT2D eigenvalue weighted by molar-refractivity contribution is 6.19. The van der Waals surface area contributed by atoms with Gasteiger partial charge in [-0.15, -0.1) is 0 Å². The number of hydrogen-bond donors (Lipinski definition) is 0. The molecule has 0 saturated heterocycles. The van der Waals surface area contributed by atoms with Gasteiger partial charge in [0.1, 0.15) is 11.2 Å². The molecular weight excluding hydrogens is 649 g/mol. The van der Waals surface area contributed by atoms with Gasteiger partial charge in [0.25, 0.3) is 0 Å². The van der Waals surface area contributed by atoms with Crippen molar-refractivity contribution in [3.05, 3.63) is 170 Å². The summed E-state index contributed by atoms with van der Waals surface area (Å²) in [6, 6.07) is 56.7. The SMILES string of the molecule is c1ccc(-c2cccc(-c3nc(-c4ccc5ccc6ncc7ccccc7c6c5c4)nc(-c4cccc5oc6cc7ccccc7cc6c45)n3)c2)cc1. The number of pyridine rings is 1. The van der Waals surface area contributed by atoms with E-state index in [1.807, 2.05) is 24.4 Å². The lowest BCUT2D eigenvalue weighted by atomic mass is 9.98. The van der Waals surface area contributed by atoms with Crippen molar-refractivity contribution in [1.29, 1.82) is 0 Å². The predicted octanol–water partition coefficient (Wildman–Crippen LogP) is 12.4. The van der Waals surface area contributed by atoms with E-state index < -0.39 is 0 Å². The van der Waals surface area contributed by atoms with Gasteiger partial charge in [-0.2, -0.15) is 0 Å². The number of fused-ring (bicyclic) bond motifs is 9. The molecule has 11 rings (SSSR count). The molecule has 0 bridgehead atoms. The van der Waals surface area contributed by atoms with E-state index in [-0.39, 0.29) is 0 Å². The summed E-state index contributed by atoms with van der Waals surface area (Å²) in [6.07, 6.45) is 1.95. The largest absolute Gasteiger partial charge is 0.456 e. The molecule has 5 nitrogen and oxygen atoms in total. The Morgan fingerprint density at radius 2 is 1.04 bits per heavy atom. The molecule has 0 atom stereocenters. The molecule has 3 aromatic heterocycles. The van der Waals surface area contributed by atoms with Crippen LogP contribution in [-0.2, 0) is 0 Å². The highest BCUT2D eigenvalue weighted by atomic mass is 16.3. The second-order valence-electron chi connectivity index (χ2n) is 13.5. The fourth-order valence-corrected chi connectivity index (χ4v) is 7.74.